The summed E-state index contributed by atoms with van der Waals surface area (Å²) < 4.78 is 2.25. The summed E-state index contributed by atoms with van der Waals surface area (Å²) in [5.74, 6) is -0.164. The number of aromatic nitrogens is 2. The number of hydrogen-bond acceptors (Lipinski definition) is 5. The fraction of sp³-hybridized carbons (Fsp3) is 0.469. The minimum Gasteiger partial charge on any atom is -0.348 e. The molecule has 4 heterocycles. The van der Waals surface area contributed by atoms with Gasteiger partial charge in [0.15, 0.2) is 0 Å². The molecule has 0 bridgehead atoms. The molecule has 1 aromatic carbocycles. The quantitative estimate of drug-likeness (QED) is 0.391. The number of aryl methyl sites for hydroxylation is 3. The molecule has 1 saturated heterocycles. The molecule has 1 atom stereocenters. The lowest BCUT2D eigenvalue weighted by Gasteiger charge is -2.32. The van der Waals surface area contributed by atoms with E-state index in [1.54, 1.807) is 0 Å². The number of dihydropyridines is 1. The predicted octanol–water partition coefficient (Wildman–Crippen LogP) is 4.50. The van der Waals surface area contributed by atoms with Crippen molar-refractivity contribution in [2.75, 3.05) is 26.2 Å². The van der Waals surface area contributed by atoms with Crippen molar-refractivity contribution in [1.29, 1.82) is 0 Å². The highest BCUT2D eigenvalue weighted by Gasteiger charge is 2.23. The van der Waals surface area contributed by atoms with Gasteiger partial charge in [-0.25, -0.2) is 0 Å². The second-order valence-electron chi connectivity index (χ2n) is 11.4. The van der Waals surface area contributed by atoms with Crippen molar-refractivity contribution in [2.24, 2.45) is 4.99 Å². The molecule has 0 radical (unpaired) electrons. The Morgan fingerprint density at radius 1 is 1.18 bits per heavy atom. The lowest BCUT2D eigenvalue weighted by molar-refractivity contribution is 0.0952. The summed E-state index contributed by atoms with van der Waals surface area (Å²) in [4.78, 5) is 36.8. The molecule has 0 aliphatic carbocycles. The van der Waals surface area contributed by atoms with E-state index in [1.807, 2.05) is 25.3 Å². The Bertz CT molecular complexity index is 1520. The molecule has 2 aromatic heterocycles. The Labute approximate surface area is 236 Å². The molecule has 8 heteroatoms. The Hall–Kier alpha value is -3.49. The number of carbonyl (C=O) groups excluding carboxylic acids is 1. The van der Waals surface area contributed by atoms with Gasteiger partial charge in [-0.15, -0.1) is 0 Å². The van der Waals surface area contributed by atoms with Crippen molar-refractivity contribution in [3.8, 4) is 0 Å². The first kappa shape index (κ1) is 28.1. The van der Waals surface area contributed by atoms with E-state index in [4.69, 9.17) is 4.99 Å². The summed E-state index contributed by atoms with van der Waals surface area (Å²) in [5, 5.41) is 7.47. The van der Waals surface area contributed by atoms with Crippen LogP contribution in [0.2, 0.25) is 0 Å². The fourth-order valence-electron chi connectivity index (χ4n) is 6.02. The van der Waals surface area contributed by atoms with Crippen LogP contribution in [-0.4, -0.2) is 58.9 Å². The number of hydrogen-bond donors (Lipinski definition) is 3. The molecule has 0 spiro atoms. The second kappa shape index (κ2) is 11.9. The molecular weight excluding hydrogens is 500 g/mol. The number of aromatic amines is 1. The Morgan fingerprint density at radius 3 is 2.67 bits per heavy atom. The number of fused-ring (bicyclic) bond motifs is 1. The maximum Gasteiger partial charge on any atom is 0.253 e. The van der Waals surface area contributed by atoms with Crippen LogP contribution in [0.5, 0.6) is 0 Å². The van der Waals surface area contributed by atoms with Crippen molar-refractivity contribution in [3.05, 3.63) is 74.3 Å². The molecule has 2 aliphatic heterocycles. The molecule has 1 unspecified atom stereocenters. The van der Waals surface area contributed by atoms with Gasteiger partial charge in [-0.2, -0.15) is 0 Å². The molecule has 5 rings (SSSR count). The van der Waals surface area contributed by atoms with Gasteiger partial charge >= 0.3 is 0 Å². The van der Waals surface area contributed by atoms with Crippen LogP contribution >= 0.6 is 0 Å². The minimum absolute atomic E-state index is 0.0164. The van der Waals surface area contributed by atoms with E-state index in [2.05, 4.69) is 71.1 Å². The van der Waals surface area contributed by atoms with Crippen LogP contribution in [-0.2, 0) is 13.0 Å². The maximum absolute atomic E-state index is 13.9. The standard InChI is InChI=1S/C32H42N6O2/c1-6-7-24-14-22(5)36-32(40)27(24)18-35-31(39)26-15-25(16-28-30(26)21(4)19-38(28)20(2)3)23-8-9-34-29(17-23)37-12-10-33-11-13-37/h9,14-17,19-20,29,33H,6-8,10-13,18H2,1-5H3,(H,35,39)(H,36,40). The highest BCUT2D eigenvalue weighted by Crippen LogP contribution is 2.33. The van der Waals surface area contributed by atoms with Gasteiger partial charge in [0.05, 0.1) is 0 Å². The predicted molar refractivity (Wildman–Crippen MR) is 163 cm³/mol. The average Bonchev–Trinajstić information content (AvgIpc) is 3.29. The first-order chi connectivity index (χ1) is 19.3. The van der Waals surface area contributed by atoms with Gasteiger partial charge in [-0.05, 0) is 80.7 Å². The zero-order valence-corrected chi connectivity index (χ0v) is 24.4. The topological polar surface area (TPSA) is 94.5 Å². The van der Waals surface area contributed by atoms with Gasteiger partial charge < -0.3 is 20.2 Å². The average molecular weight is 543 g/mol. The van der Waals surface area contributed by atoms with Gasteiger partial charge in [0, 0.05) is 85.3 Å². The number of rotatable bonds is 8. The number of piperazine rings is 1. The van der Waals surface area contributed by atoms with Crippen LogP contribution in [0.1, 0.15) is 78.0 Å². The summed E-state index contributed by atoms with van der Waals surface area (Å²) in [6.07, 6.45) is 8.89. The number of pyridine rings is 1. The van der Waals surface area contributed by atoms with Crippen LogP contribution in [0.4, 0.5) is 0 Å². The number of aliphatic imine (C=N–C) groups is 1. The summed E-state index contributed by atoms with van der Waals surface area (Å²) in [5.41, 5.74) is 7.34. The van der Waals surface area contributed by atoms with E-state index < -0.39 is 0 Å². The lowest BCUT2D eigenvalue weighted by Crippen LogP contribution is -2.47. The van der Waals surface area contributed by atoms with Gasteiger partial charge in [0.1, 0.15) is 6.17 Å². The zero-order valence-electron chi connectivity index (χ0n) is 24.4. The van der Waals surface area contributed by atoms with Crippen molar-refractivity contribution in [1.82, 2.24) is 25.1 Å². The van der Waals surface area contributed by atoms with E-state index in [0.717, 1.165) is 78.7 Å². The molecule has 1 amide bonds. The highest BCUT2D eigenvalue weighted by molar-refractivity contribution is 6.09. The number of carbonyl (C=O) groups is 1. The minimum atomic E-state index is -0.164. The Morgan fingerprint density at radius 2 is 1.95 bits per heavy atom. The summed E-state index contributed by atoms with van der Waals surface area (Å²) in [6, 6.07) is 6.52. The number of H-pyrrole nitrogens is 1. The van der Waals surface area contributed by atoms with E-state index in [0.29, 0.717) is 11.1 Å². The second-order valence-corrected chi connectivity index (χ2v) is 11.4. The van der Waals surface area contributed by atoms with Crippen LogP contribution in [0, 0.1) is 13.8 Å². The van der Waals surface area contributed by atoms with Crippen LogP contribution in [0.15, 0.2) is 40.3 Å². The van der Waals surface area contributed by atoms with Gasteiger partial charge in [-0.1, -0.05) is 13.3 Å². The molecular formula is C32H42N6O2. The van der Waals surface area contributed by atoms with E-state index >= 15 is 0 Å². The van der Waals surface area contributed by atoms with Crippen molar-refractivity contribution in [2.45, 2.75) is 72.6 Å². The van der Waals surface area contributed by atoms with Crippen LogP contribution in [0.3, 0.4) is 0 Å². The SMILES string of the molecule is CCCc1cc(C)[nH]c(=O)c1CNC(=O)c1cc(C2=CC(N3CCNCC3)N=CC2)cc2c1c(C)cn2C(C)C. The third-order valence-corrected chi connectivity index (χ3v) is 8.05. The van der Waals surface area contributed by atoms with E-state index in [-0.39, 0.29) is 30.2 Å². The molecule has 3 aromatic rings. The third kappa shape index (κ3) is 5.69. The molecule has 2 aliphatic rings. The lowest BCUT2D eigenvalue weighted by atomic mass is 9.94. The Balaban J connectivity index is 1.53. The highest BCUT2D eigenvalue weighted by atomic mass is 16.1. The van der Waals surface area contributed by atoms with Gasteiger partial charge in [0.25, 0.3) is 11.5 Å². The normalized spacial score (nSPS) is 17.9. The van der Waals surface area contributed by atoms with Crippen molar-refractivity contribution in [3.63, 3.8) is 0 Å². The molecule has 1 fully saturated rings. The summed E-state index contributed by atoms with van der Waals surface area (Å²) in [7, 11) is 0. The van der Waals surface area contributed by atoms with Gasteiger partial charge in [0.2, 0.25) is 0 Å². The maximum atomic E-state index is 13.9. The molecule has 3 N–H and O–H groups in total. The molecule has 212 valence electrons. The van der Waals surface area contributed by atoms with Crippen LogP contribution in [0.25, 0.3) is 16.5 Å². The Kier molecular flexibility index (Phi) is 8.38. The number of nitrogens with zero attached hydrogens (tertiary/aromatic N) is 3. The molecule has 0 saturated carbocycles. The summed E-state index contributed by atoms with van der Waals surface area (Å²) >= 11 is 0. The van der Waals surface area contributed by atoms with Gasteiger partial charge in [-0.3, -0.25) is 19.5 Å². The smallest absolute Gasteiger partial charge is 0.253 e. The van der Waals surface area contributed by atoms with E-state index in [9.17, 15) is 9.59 Å². The molecule has 8 nitrogen and oxygen atoms in total. The van der Waals surface area contributed by atoms with Crippen molar-refractivity contribution >= 4 is 28.6 Å². The number of benzene rings is 1. The zero-order chi connectivity index (χ0) is 28.4. The number of amides is 1. The van der Waals surface area contributed by atoms with E-state index in [1.165, 1.54) is 5.57 Å². The van der Waals surface area contributed by atoms with Crippen LogP contribution < -0.4 is 16.2 Å². The number of allylic oxidation sites excluding steroid dienone is 1. The first-order valence-electron chi connectivity index (χ1n) is 14.6. The fourth-order valence-corrected chi connectivity index (χ4v) is 6.02. The third-order valence-electron chi connectivity index (χ3n) is 8.05. The van der Waals surface area contributed by atoms with Crippen molar-refractivity contribution < 1.29 is 4.79 Å². The number of nitrogens with one attached hydrogen (secondary N) is 3. The summed E-state index contributed by atoms with van der Waals surface area (Å²) in [6.45, 7) is 14.4. The first-order valence-corrected chi connectivity index (χ1v) is 14.6. The largest absolute Gasteiger partial charge is 0.348 e. The monoisotopic (exact) mass is 542 g/mol. The molecule has 40 heavy (non-hydrogen) atoms.